The molecule has 0 heterocycles. The molecule has 1 unspecified atom stereocenters. The molecule has 0 aromatic heterocycles. The molecule has 6 aromatic rings. The number of para-hydroxylation sites is 1. The van der Waals surface area contributed by atoms with Crippen molar-refractivity contribution in [2.45, 2.75) is 72.1 Å². The van der Waals surface area contributed by atoms with Gasteiger partial charge in [0.2, 0.25) is 0 Å². The van der Waals surface area contributed by atoms with Gasteiger partial charge in [0.15, 0.2) is 0 Å². The van der Waals surface area contributed by atoms with Gasteiger partial charge < -0.3 is 9.47 Å². The number of hydrogen-bond acceptors (Lipinski definition) is 2. The number of ether oxygens (including phenoxy) is 2. The Morgan fingerprint density at radius 2 is 0.944 bits per heavy atom. The van der Waals surface area contributed by atoms with E-state index in [-0.39, 0.29) is 10.8 Å². The first-order chi connectivity index (χ1) is 25.9. The molecule has 2 nitrogen and oxygen atoms in total. The number of rotatable bonds is 5. The maximum atomic E-state index is 6.65. The third-order valence-corrected chi connectivity index (χ3v) is 11.7. The molecular weight excluding hydrogens is 657 g/mol. The molecule has 0 bridgehead atoms. The van der Waals surface area contributed by atoms with Crippen LogP contribution in [-0.2, 0) is 17.3 Å². The summed E-state index contributed by atoms with van der Waals surface area (Å²) in [5.41, 5.74) is 19.9. The first-order valence-corrected chi connectivity index (χ1v) is 19.5. The second-order valence-electron chi connectivity index (χ2n) is 17.2. The molecule has 0 saturated carbocycles. The lowest BCUT2D eigenvalue weighted by Crippen LogP contribution is -2.15. The number of allylic oxidation sites excluding steroid dienone is 1. The molecule has 0 aliphatic heterocycles. The predicted molar refractivity (Wildman–Crippen MR) is 229 cm³/mol. The summed E-state index contributed by atoms with van der Waals surface area (Å²) >= 11 is 0. The Labute approximate surface area is 322 Å². The summed E-state index contributed by atoms with van der Waals surface area (Å²) in [7, 11) is 3.64. The minimum atomic E-state index is 0.0631. The summed E-state index contributed by atoms with van der Waals surface area (Å²) in [5.74, 6) is 2.06. The molecule has 54 heavy (non-hydrogen) atoms. The quantitative estimate of drug-likeness (QED) is 0.177. The lowest BCUT2D eigenvalue weighted by Gasteiger charge is -2.33. The van der Waals surface area contributed by atoms with Crippen molar-refractivity contribution in [2.75, 3.05) is 14.2 Å². The zero-order valence-electron chi connectivity index (χ0n) is 33.4. The third kappa shape index (κ3) is 5.97. The van der Waals surface area contributed by atoms with E-state index in [1.54, 1.807) is 0 Å². The summed E-state index contributed by atoms with van der Waals surface area (Å²) in [5, 5.41) is 0. The Bertz CT molecular complexity index is 2360. The van der Waals surface area contributed by atoms with Crippen molar-refractivity contribution in [3.05, 3.63) is 155 Å². The first-order valence-electron chi connectivity index (χ1n) is 19.5. The van der Waals surface area contributed by atoms with Gasteiger partial charge in [-0.25, -0.2) is 0 Å². The van der Waals surface area contributed by atoms with E-state index in [1.165, 1.54) is 55.7 Å². The van der Waals surface area contributed by atoms with Crippen LogP contribution in [0, 0.1) is 5.92 Å². The number of benzene rings is 6. The second-order valence-corrected chi connectivity index (χ2v) is 17.2. The van der Waals surface area contributed by atoms with Crippen LogP contribution in [0.15, 0.2) is 121 Å². The van der Waals surface area contributed by atoms with E-state index in [0.29, 0.717) is 5.92 Å². The predicted octanol–water partition coefficient (Wildman–Crippen LogP) is 13.8. The number of methoxy groups -OCH3 is 2. The SMILES string of the molecule is COc1c(-c2ccc(C(C)(C)C)cc2)cccc1-c1c(OC)c(-c2ccc(C(C)(C)C)cc2)cc2c1C(=C1c3ccccc3-c3ccccc31)C(C)CC2. The van der Waals surface area contributed by atoms with E-state index in [1.807, 2.05) is 14.2 Å². The molecule has 0 radical (unpaired) electrons. The summed E-state index contributed by atoms with van der Waals surface area (Å²) in [6.07, 6.45) is 2.05. The normalized spacial score (nSPS) is 15.1. The summed E-state index contributed by atoms with van der Waals surface area (Å²) < 4.78 is 13.2. The maximum Gasteiger partial charge on any atom is 0.135 e. The fourth-order valence-electron chi connectivity index (χ4n) is 8.83. The fraction of sp³-hybridized carbons (Fsp3) is 0.269. The highest BCUT2D eigenvalue weighted by atomic mass is 16.5. The van der Waals surface area contributed by atoms with Crippen molar-refractivity contribution in [3.63, 3.8) is 0 Å². The van der Waals surface area contributed by atoms with E-state index in [9.17, 15) is 0 Å². The van der Waals surface area contributed by atoms with Gasteiger partial charge in [-0.05, 0) is 102 Å². The Balaban J connectivity index is 1.47. The van der Waals surface area contributed by atoms with E-state index < -0.39 is 0 Å². The van der Waals surface area contributed by atoms with Gasteiger partial charge in [0.1, 0.15) is 11.5 Å². The molecule has 272 valence electrons. The lowest BCUT2D eigenvalue weighted by molar-refractivity contribution is 0.411. The van der Waals surface area contributed by atoms with Gasteiger partial charge in [-0.3, -0.25) is 0 Å². The standard InChI is InChI=1S/C52H52O2/c1-32-21-22-35-31-44(34-25-29-37(30-26-34)52(5,6)7)50(54-9)48(43-20-14-19-38(49(43)53-8)33-23-27-36(28-24-33)51(2,3)4)46(35)45(32)47-41-17-12-10-15-39(41)40-16-11-13-18-42(40)47/h10-20,23-32H,21-22H2,1-9H3. The minimum absolute atomic E-state index is 0.0631. The van der Waals surface area contributed by atoms with Crippen molar-refractivity contribution >= 4 is 11.1 Å². The van der Waals surface area contributed by atoms with Crippen LogP contribution in [0.3, 0.4) is 0 Å². The number of fused-ring (bicyclic) bond motifs is 4. The zero-order chi connectivity index (χ0) is 37.9. The highest BCUT2D eigenvalue weighted by molar-refractivity contribution is 6.13. The van der Waals surface area contributed by atoms with Crippen LogP contribution in [0.1, 0.15) is 88.3 Å². The van der Waals surface area contributed by atoms with Crippen LogP contribution < -0.4 is 9.47 Å². The van der Waals surface area contributed by atoms with Crippen molar-refractivity contribution in [3.8, 4) is 56.0 Å². The maximum absolute atomic E-state index is 6.65. The molecule has 8 rings (SSSR count). The van der Waals surface area contributed by atoms with Crippen LogP contribution in [0.4, 0.5) is 0 Å². The van der Waals surface area contributed by atoms with Gasteiger partial charge >= 0.3 is 0 Å². The molecule has 0 N–H and O–H groups in total. The Morgan fingerprint density at radius 1 is 0.481 bits per heavy atom. The molecule has 1 atom stereocenters. The van der Waals surface area contributed by atoms with Crippen LogP contribution in [0.25, 0.3) is 55.7 Å². The van der Waals surface area contributed by atoms with Crippen molar-refractivity contribution < 1.29 is 9.47 Å². The average Bonchev–Trinajstić information content (AvgIpc) is 3.50. The number of hydrogen-bond donors (Lipinski definition) is 0. The van der Waals surface area contributed by atoms with Gasteiger partial charge in [-0.2, -0.15) is 0 Å². The van der Waals surface area contributed by atoms with Crippen molar-refractivity contribution in [2.24, 2.45) is 5.92 Å². The largest absolute Gasteiger partial charge is 0.495 e. The minimum Gasteiger partial charge on any atom is -0.495 e. The van der Waals surface area contributed by atoms with E-state index >= 15 is 0 Å². The molecule has 6 aromatic carbocycles. The first kappa shape index (κ1) is 35.7. The molecule has 2 heteroatoms. The van der Waals surface area contributed by atoms with Crippen LogP contribution in [0.5, 0.6) is 11.5 Å². The molecule has 2 aliphatic rings. The fourth-order valence-corrected chi connectivity index (χ4v) is 8.83. The topological polar surface area (TPSA) is 18.5 Å². The van der Waals surface area contributed by atoms with E-state index in [2.05, 4.69) is 170 Å². The summed E-state index contributed by atoms with van der Waals surface area (Å²) in [4.78, 5) is 0. The highest BCUT2D eigenvalue weighted by Crippen LogP contribution is 2.57. The highest BCUT2D eigenvalue weighted by Gasteiger charge is 2.35. The average molecular weight is 709 g/mol. The van der Waals surface area contributed by atoms with Gasteiger partial charge in [0.05, 0.1) is 14.2 Å². The molecular formula is C52H52O2. The monoisotopic (exact) mass is 708 g/mol. The van der Waals surface area contributed by atoms with Gasteiger partial charge in [-0.1, -0.05) is 164 Å². The van der Waals surface area contributed by atoms with Crippen LogP contribution in [-0.4, -0.2) is 14.2 Å². The molecule has 0 fully saturated rings. The molecule has 2 aliphatic carbocycles. The van der Waals surface area contributed by atoms with Crippen molar-refractivity contribution in [1.82, 2.24) is 0 Å². The summed E-state index contributed by atoms with van der Waals surface area (Å²) in [6, 6.07) is 45.0. The Morgan fingerprint density at radius 3 is 1.44 bits per heavy atom. The second kappa shape index (κ2) is 13.5. The number of aryl methyl sites for hydroxylation is 1. The lowest BCUT2D eigenvalue weighted by atomic mass is 9.72. The van der Waals surface area contributed by atoms with Crippen LogP contribution >= 0.6 is 0 Å². The molecule has 0 saturated heterocycles. The van der Waals surface area contributed by atoms with Crippen molar-refractivity contribution in [1.29, 1.82) is 0 Å². The van der Waals surface area contributed by atoms with Crippen LogP contribution in [0.2, 0.25) is 0 Å². The van der Waals surface area contributed by atoms with E-state index in [4.69, 9.17) is 9.47 Å². The smallest absolute Gasteiger partial charge is 0.135 e. The van der Waals surface area contributed by atoms with Gasteiger partial charge in [0, 0.05) is 22.3 Å². The summed E-state index contributed by atoms with van der Waals surface area (Å²) in [6.45, 7) is 16.0. The Kier molecular flexibility index (Phi) is 8.92. The van der Waals surface area contributed by atoms with Gasteiger partial charge in [-0.15, -0.1) is 0 Å². The molecule has 0 spiro atoms. The third-order valence-electron chi connectivity index (χ3n) is 11.7. The molecule has 0 amide bonds. The van der Waals surface area contributed by atoms with E-state index in [0.717, 1.165) is 57.7 Å². The zero-order valence-corrected chi connectivity index (χ0v) is 33.4. The Hall–Kier alpha value is -5.34. The van der Waals surface area contributed by atoms with Gasteiger partial charge in [0.25, 0.3) is 0 Å².